The number of rotatable bonds is 11. The second-order valence-electron chi connectivity index (χ2n) is 21.5. The zero-order chi connectivity index (χ0) is 50.3. The third kappa shape index (κ3) is 9.44. The third-order valence-corrected chi connectivity index (χ3v) is 14.9. The number of benzene rings is 9. The summed E-state index contributed by atoms with van der Waals surface area (Å²) < 4.78 is 2.45. The average molecular weight is 972 g/mol. The van der Waals surface area contributed by atoms with E-state index in [1.165, 1.54) is 44.3 Å². The Hall–Kier alpha value is -7.79. The Morgan fingerprint density at radius 2 is 0.904 bits per heavy atom. The molecule has 1 aliphatic rings. The summed E-state index contributed by atoms with van der Waals surface area (Å²) in [6.45, 7) is 13.7. The fourth-order valence-electron chi connectivity index (χ4n) is 10.7. The van der Waals surface area contributed by atoms with E-state index < -0.39 is 0 Å². The first-order valence-corrected chi connectivity index (χ1v) is 26.2. The number of hydrogen-bond donors (Lipinski definition) is 0. The summed E-state index contributed by atoms with van der Waals surface area (Å²) in [5, 5.41) is 3.04. The molecule has 1 heterocycles. The Morgan fingerprint density at radius 3 is 1.58 bits per heavy atom. The highest BCUT2D eigenvalue weighted by atomic mass is 35.5. The van der Waals surface area contributed by atoms with Gasteiger partial charge in [0.2, 0.25) is 0 Å². The van der Waals surface area contributed by atoms with Gasteiger partial charge in [0.05, 0.1) is 27.8 Å². The average Bonchev–Trinajstić information content (AvgIpc) is 3.80. The van der Waals surface area contributed by atoms with Gasteiger partial charge in [-0.2, -0.15) is 0 Å². The van der Waals surface area contributed by atoms with Crippen molar-refractivity contribution in [2.45, 2.75) is 78.1 Å². The van der Waals surface area contributed by atoms with Crippen LogP contribution >= 0.6 is 11.6 Å². The largest absolute Gasteiger partial charge is 0.318 e. The number of halogens is 1. The fourth-order valence-corrected chi connectivity index (χ4v) is 10.9. The summed E-state index contributed by atoms with van der Waals surface area (Å²) in [6, 6.07) is 79.1. The first-order valence-electron chi connectivity index (χ1n) is 25.8. The van der Waals surface area contributed by atoms with Gasteiger partial charge in [0.15, 0.2) is 0 Å². The van der Waals surface area contributed by atoms with Crippen molar-refractivity contribution in [2.75, 3.05) is 14.7 Å². The Balaban J connectivity index is 1.12. The summed E-state index contributed by atoms with van der Waals surface area (Å²) in [7, 11) is 0. The number of hydrogen-bond acceptors (Lipinski definition) is 3. The summed E-state index contributed by atoms with van der Waals surface area (Å²) >= 11 is 8.23. The van der Waals surface area contributed by atoms with Crippen LogP contribution in [-0.4, -0.2) is 4.57 Å². The smallest absolute Gasteiger partial charge is 0.0887 e. The molecule has 11 rings (SSSR count). The van der Waals surface area contributed by atoms with E-state index in [1.54, 1.807) is 0 Å². The molecule has 0 unspecified atom stereocenters. The molecule has 1 aromatic heterocycles. The Morgan fingerprint density at radius 1 is 0.397 bits per heavy atom. The van der Waals surface area contributed by atoms with Crippen LogP contribution in [0.4, 0.5) is 51.2 Å². The van der Waals surface area contributed by atoms with Crippen molar-refractivity contribution in [3.05, 3.63) is 252 Å². The minimum atomic E-state index is -0.228. The molecule has 0 amide bonds. The van der Waals surface area contributed by atoms with E-state index in [0.29, 0.717) is 5.02 Å². The summed E-state index contributed by atoms with van der Waals surface area (Å²) in [5.41, 5.74) is 17.9. The van der Waals surface area contributed by atoms with Crippen molar-refractivity contribution >= 4 is 73.6 Å². The summed E-state index contributed by atoms with van der Waals surface area (Å²) in [4.78, 5) is 7.19. The van der Waals surface area contributed by atoms with Crippen molar-refractivity contribution < 1.29 is 0 Å². The van der Waals surface area contributed by atoms with E-state index >= 15 is 0 Å². The molecule has 0 radical (unpaired) electrons. The zero-order valence-electron chi connectivity index (χ0n) is 42.9. The van der Waals surface area contributed by atoms with Crippen molar-refractivity contribution in [3.63, 3.8) is 0 Å². The molecule has 10 aromatic rings. The van der Waals surface area contributed by atoms with Crippen LogP contribution in [0.25, 0.3) is 27.6 Å². The second kappa shape index (κ2) is 19.7. The van der Waals surface area contributed by atoms with Crippen molar-refractivity contribution in [2.24, 2.45) is 0 Å². The first kappa shape index (κ1) is 47.5. The van der Waals surface area contributed by atoms with Gasteiger partial charge >= 0.3 is 0 Å². The quantitative estimate of drug-likeness (QED) is 0.128. The lowest BCUT2D eigenvalue weighted by molar-refractivity contribution is 0.590. The van der Waals surface area contributed by atoms with E-state index in [2.05, 4.69) is 285 Å². The maximum atomic E-state index is 8.23. The lowest BCUT2D eigenvalue weighted by Crippen LogP contribution is -2.19. The lowest BCUT2D eigenvalue weighted by atomic mass is 9.86. The minimum Gasteiger partial charge on any atom is -0.318 e. The predicted octanol–water partition coefficient (Wildman–Crippen LogP) is 19.8. The van der Waals surface area contributed by atoms with E-state index in [-0.39, 0.29) is 10.8 Å². The highest BCUT2D eigenvalue weighted by Gasteiger charge is 2.31. The predicted molar refractivity (Wildman–Crippen MR) is 312 cm³/mol. The van der Waals surface area contributed by atoms with Gasteiger partial charge < -0.3 is 19.3 Å². The molecule has 0 N–H and O–H groups in total. The highest BCUT2D eigenvalue weighted by Crippen LogP contribution is 2.52. The molecule has 0 atom stereocenters. The normalized spacial score (nSPS) is 12.6. The molecule has 0 saturated heterocycles. The topological polar surface area (TPSA) is 14.7 Å². The maximum Gasteiger partial charge on any atom is 0.0887 e. The Kier molecular flexibility index (Phi) is 12.8. The van der Waals surface area contributed by atoms with E-state index in [0.717, 1.165) is 82.6 Å². The van der Waals surface area contributed by atoms with Gasteiger partial charge in [-0.25, -0.2) is 0 Å². The SMILES string of the molecule is CC(C)(C)c1ccc(N(c2cccc(N(c3ccccc3)c3cc(C(C)(C)C)cc(N(c4ccccc4)c4cn(-c5cccc(-c6ccccc6)c5)c5c4CCCC5)c3Cl)c2)c2cccc3ccccc23)cc1. The molecule has 5 heteroatoms. The molecular formula is C68H63ClN4. The first-order chi connectivity index (χ1) is 35.4. The maximum absolute atomic E-state index is 8.23. The van der Waals surface area contributed by atoms with Gasteiger partial charge in [0, 0.05) is 51.4 Å². The lowest BCUT2D eigenvalue weighted by Gasteiger charge is -2.34. The summed E-state index contributed by atoms with van der Waals surface area (Å²) in [5.74, 6) is 0. The highest BCUT2D eigenvalue weighted by molar-refractivity contribution is 6.37. The summed E-state index contributed by atoms with van der Waals surface area (Å²) in [6.07, 6.45) is 6.64. The molecule has 4 nitrogen and oxygen atoms in total. The van der Waals surface area contributed by atoms with E-state index in [9.17, 15) is 0 Å². The molecule has 73 heavy (non-hydrogen) atoms. The molecule has 0 saturated carbocycles. The van der Waals surface area contributed by atoms with Crippen LogP contribution in [0.1, 0.15) is 76.8 Å². The second-order valence-corrected chi connectivity index (χ2v) is 21.9. The van der Waals surface area contributed by atoms with Crippen molar-refractivity contribution in [1.82, 2.24) is 4.57 Å². The molecule has 0 spiro atoms. The third-order valence-electron chi connectivity index (χ3n) is 14.5. The molecule has 1 aliphatic carbocycles. The number of anilines is 9. The van der Waals surface area contributed by atoms with Crippen LogP contribution in [0, 0.1) is 0 Å². The van der Waals surface area contributed by atoms with Crippen molar-refractivity contribution in [1.29, 1.82) is 0 Å². The van der Waals surface area contributed by atoms with Crippen LogP contribution in [0.3, 0.4) is 0 Å². The van der Waals surface area contributed by atoms with Crippen LogP contribution in [0.15, 0.2) is 225 Å². The number of nitrogens with zero attached hydrogens (tertiary/aromatic N) is 4. The van der Waals surface area contributed by atoms with Gasteiger partial charge in [-0.05, 0) is 155 Å². The van der Waals surface area contributed by atoms with Gasteiger partial charge in [0.1, 0.15) is 0 Å². The zero-order valence-corrected chi connectivity index (χ0v) is 43.6. The van der Waals surface area contributed by atoms with Crippen LogP contribution in [0.2, 0.25) is 5.02 Å². The van der Waals surface area contributed by atoms with Crippen LogP contribution < -0.4 is 14.7 Å². The van der Waals surface area contributed by atoms with Gasteiger partial charge in [-0.1, -0.05) is 187 Å². The molecule has 0 aliphatic heterocycles. The Bertz CT molecular complexity index is 3540. The molecule has 0 bridgehead atoms. The van der Waals surface area contributed by atoms with Crippen molar-refractivity contribution in [3.8, 4) is 16.8 Å². The van der Waals surface area contributed by atoms with Gasteiger partial charge in [-0.15, -0.1) is 0 Å². The van der Waals surface area contributed by atoms with Gasteiger partial charge in [0.25, 0.3) is 0 Å². The minimum absolute atomic E-state index is 0.0204. The number of aromatic nitrogens is 1. The van der Waals surface area contributed by atoms with Gasteiger partial charge in [-0.3, -0.25) is 0 Å². The van der Waals surface area contributed by atoms with E-state index in [4.69, 9.17) is 11.6 Å². The van der Waals surface area contributed by atoms with Crippen LogP contribution in [0.5, 0.6) is 0 Å². The standard InChI is InChI=1S/C68H63ClN4/c1-67(2,3)51-39-41-55(42-40-51)71(62-38-21-26-49-25-16-17-35-59(49)62)57-33-22-34-58(46-57)72(53-28-12-8-13-29-53)63-44-52(68(4,5)6)45-64(66(63)69)73(54-30-14-9-15-31-54)65-47-70(61-37-19-18-36-60(61)65)56-32-20-27-50(43-56)48-23-10-7-11-24-48/h7-17,20-35,38-47H,18-19,36-37H2,1-6H3. The number of para-hydroxylation sites is 2. The monoisotopic (exact) mass is 970 g/mol. The molecule has 0 fully saturated rings. The fraction of sp³-hybridized carbons (Fsp3) is 0.176. The van der Waals surface area contributed by atoms with E-state index in [1.807, 2.05) is 0 Å². The molecule has 9 aromatic carbocycles. The van der Waals surface area contributed by atoms with Crippen LogP contribution in [-0.2, 0) is 23.7 Å². The Labute approximate surface area is 437 Å². The number of fused-ring (bicyclic) bond motifs is 2. The molecule has 362 valence electrons. The molecular weight excluding hydrogens is 908 g/mol.